The fraction of sp³-hybridized carbons (Fsp3) is 0.400. The first-order valence-corrected chi connectivity index (χ1v) is 6.68. The van der Waals surface area contributed by atoms with Crippen molar-refractivity contribution >= 4 is 18.6 Å². The maximum atomic E-state index is 11.9. The zero-order valence-corrected chi connectivity index (χ0v) is 12.2. The van der Waals surface area contributed by atoms with Crippen LogP contribution < -0.4 is 5.32 Å². The molecule has 0 aliphatic heterocycles. The molecule has 0 radical (unpaired) electrons. The molecular weight excluding hydrogens is 272 g/mol. The van der Waals surface area contributed by atoms with Gasteiger partial charge in [-0.05, 0) is 36.6 Å². The summed E-state index contributed by atoms with van der Waals surface area (Å²) in [5.74, 6) is -0.215. The van der Waals surface area contributed by atoms with Crippen LogP contribution in [-0.4, -0.2) is 41.7 Å². The van der Waals surface area contributed by atoms with Gasteiger partial charge in [0.1, 0.15) is 18.1 Å². The number of amides is 2. The summed E-state index contributed by atoms with van der Waals surface area (Å²) in [5, 5.41) is 12.0. The zero-order valence-electron chi connectivity index (χ0n) is 12.2. The normalized spacial score (nSPS) is 11.5. The van der Waals surface area contributed by atoms with E-state index in [2.05, 4.69) is 5.32 Å². The van der Waals surface area contributed by atoms with E-state index >= 15 is 0 Å². The van der Waals surface area contributed by atoms with Crippen LogP contribution in [0.4, 0.5) is 0 Å². The molecule has 1 atom stereocenters. The monoisotopic (exact) mass is 292 g/mol. The number of phenolic OH excluding ortho intramolecular Hbond substituents is 1. The zero-order chi connectivity index (χ0) is 15.8. The second kappa shape index (κ2) is 8.04. The second-order valence-corrected chi connectivity index (χ2v) is 4.76. The number of nitrogens with zero attached hydrogens (tertiary/aromatic N) is 1. The summed E-state index contributed by atoms with van der Waals surface area (Å²) in [4.78, 5) is 35.1. The van der Waals surface area contributed by atoms with E-state index in [1.54, 1.807) is 18.2 Å². The molecule has 114 valence electrons. The lowest BCUT2D eigenvalue weighted by molar-refractivity contribution is -0.133. The summed E-state index contributed by atoms with van der Waals surface area (Å²) in [6.07, 6.45) is 1.77. The first-order valence-electron chi connectivity index (χ1n) is 6.68. The molecule has 21 heavy (non-hydrogen) atoms. The predicted molar refractivity (Wildman–Crippen MR) is 77.6 cm³/mol. The molecule has 0 saturated heterocycles. The van der Waals surface area contributed by atoms with Gasteiger partial charge in [-0.3, -0.25) is 9.59 Å². The molecule has 1 rings (SSSR count). The number of aldehydes is 1. The van der Waals surface area contributed by atoms with E-state index in [1.807, 2.05) is 6.92 Å². The van der Waals surface area contributed by atoms with Gasteiger partial charge in [0.15, 0.2) is 0 Å². The number of phenols is 1. The number of nitrogens with one attached hydrogen (secondary N) is 1. The number of aromatic hydroxyl groups is 1. The smallest absolute Gasteiger partial charge is 0.242 e. The Hall–Kier alpha value is -2.37. The van der Waals surface area contributed by atoms with Gasteiger partial charge in [-0.15, -0.1) is 0 Å². The van der Waals surface area contributed by atoms with E-state index in [0.29, 0.717) is 6.41 Å². The molecular formula is C15H20N2O4. The third kappa shape index (κ3) is 4.59. The van der Waals surface area contributed by atoms with E-state index in [9.17, 15) is 19.5 Å². The summed E-state index contributed by atoms with van der Waals surface area (Å²) < 4.78 is 0. The van der Waals surface area contributed by atoms with Crippen molar-refractivity contribution in [1.82, 2.24) is 10.2 Å². The maximum absolute atomic E-state index is 11.9. The SMILES string of the molecule is CNC(=O)C(CCC=O)N(C=O)Cc1cc(O)ccc1C. The molecule has 0 fully saturated rings. The Morgan fingerprint density at radius 3 is 2.71 bits per heavy atom. The number of hydrogen-bond donors (Lipinski definition) is 2. The van der Waals surface area contributed by atoms with Gasteiger partial charge in [0.05, 0.1) is 0 Å². The number of hydrogen-bond acceptors (Lipinski definition) is 4. The summed E-state index contributed by atoms with van der Waals surface area (Å²) >= 11 is 0. The highest BCUT2D eigenvalue weighted by atomic mass is 16.3. The summed E-state index contributed by atoms with van der Waals surface area (Å²) in [6, 6.07) is 4.16. The van der Waals surface area contributed by atoms with Crippen LogP contribution in [0.15, 0.2) is 18.2 Å². The highest BCUT2D eigenvalue weighted by Crippen LogP contribution is 2.19. The van der Waals surface area contributed by atoms with Crippen molar-refractivity contribution in [2.45, 2.75) is 32.4 Å². The molecule has 0 aromatic heterocycles. The highest BCUT2D eigenvalue weighted by molar-refractivity contribution is 5.83. The Balaban J connectivity index is 2.96. The highest BCUT2D eigenvalue weighted by Gasteiger charge is 2.24. The van der Waals surface area contributed by atoms with Crippen LogP contribution in [0.5, 0.6) is 5.75 Å². The van der Waals surface area contributed by atoms with Crippen molar-refractivity contribution < 1.29 is 19.5 Å². The number of carbonyl (C=O) groups excluding carboxylic acids is 3. The third-order valence-electron chi connectivity index (χ3n) is 3.33. The summed E-state index contributed by atoms with van der Waals surface area (Å²) in [6.45, 7) is 2.05. The molecule has 1 aromatic carbocycles. The average molecular weight is 292 g/mol. The van der Waals surface area contributed by atoms with E-state index in [0.717, 1.165) is 17.4 Å². The van der Waals surface area contributed by atoms with Crippen LogP contribution in [0.2, 0.25) is 0 Å². The standard InChI is InChI=1S/C15H20N2O4/c1-11-5-6-13(20)8-12(11)9-17(10-19)14(4-3-7-18)15(21)16-2/h5-8,10,14,20H,3-4,9H2,1-2H3,(H,16,21). The first kappa shape index (κ1) is 16.7. The molecule has 0 bridgehead atoms. The Morgan fingerprint density at radius 1 is 1.43 bits per heavy atom. The van der Waals surface area contributed by atoms with Gasteiger partial charge in [-0.25, -0.2) is 0 Å². The Labute approximate surface area is 123 Å². The van der Waals surface area contributed by atoms with Crippen LogP contribution in [-0.2, 0) is 20.9 Å². The fourth-order valence-electron chi connectivity index (χ4n) is 2.09. The molecule has 2 N–H and O–H groups in total. The lowest BCUT2D eigenvalue weighted by atomic mass is 10.1. The van der Waals surface area contributed by atoms with Gasteiger partial charge in [0.2, 0.25) is 12.3 Å². The molecule has 2 amide bonds. The third-order valence-corrected chi connectivity index (χ3v) is 3.33. The van der Waals surface area contributed by atoms with Gasteiger partial charge in [0.25, 0.3) is 0 Å². The molecule has 6 nitrogen and oxygen atoms in total. The van der Waals surface area contributed by atoms with Gasteiger partial charge >= 0.3 is 0 Å². The predicted octanol–water partition coefficient (Wildman–Crippen LogP) is 0.753. The molecule has 0 aliphatic carbocycles. The second-order valence-electron chi connectivity index (χ2n) is 4.76. The topological polar surface area (TPSA) is 86.7 Å². The van der Waals surface area contributed by atoms with Gasteiger partial charge < -0.3 is 20.1 Å². The number of benzene rings is 1. The average Bonchev–Trinajstić information content (AvgIpc) is 2.49. The molecule has 0 heterocycles. The van der Waals surface area contributed by atoms with Gasteiger partial charge in [-0.1, -0.05) is 6.07 Å². The molecule has 1 aromatic rings. The largest absolute Gasteiger partial charge is 0.508 e. The van der Waals surface area contributed by atoms with Gasteiger partial charge in [-0.2, -0.15) is 0 Å². The Kier molecular flexibility index (Phi) is 6.39. The van der Waals surface area contributed by atoms with Crippen LogP contribution in [0, 0.1) is 6.92 Å². The van der Waals surface area contributed by atoms with E-state index in [1.165, 1.54) is 11.9 Å². The quantitative estimate of drug-likeness (QED) is 0.692. The number of rotatable bonds is 8. The van der Waals surface area contributed by atoms with Crippen LogP contribution >= 0.6 is 0 Å². The number of likely N-dealkylation sites (N-methyl/N-ethyl adjacent to an activating group) is 1. The molecule has 0 spiro atoms. The van der Waals surface area contributed by atoms with E-state index in [4.69, 9.17) is 0 Å². The summed E-state index contributed by atoms with van der Waals surface area (Å²) in [7, 11) is 1.48. The summed E-state index contributed by atoms with van der Waals surface area (Å²) in [5.41, 5.74) is 1.66. The maximum Gasteiger partial charge on any atom is 0.242 e. The van der Waals surface area contributed by atoms with Gasteiger partial charge in [0, 0.05) is 20.0 Å². The minimum atomic E-state index is -0.709. The van der Waals surface area contributed by atoms with Crippen molar-refractivity contribution in [3.05, 3.63) is 29.3 Å². The number of carbonyl (C=O) groups is 3. The lowest BCUT2D eigenvalue weighted by Gasteiger charge is -2.27. The van der Waals surface area contributed by atoms with Crippen molar-refractivity contribution in [2.24, 2.45) is 0 Å². The van der Waals surface area contributed by atoms with Crippen LogP contribution in [0.3, 0.4) is 0 Å². The van der Waals surface area contributed by atoms with E-state index < -0.39 is 6.04 Å². The minimum absolute atomic E-state index is 0.103. The van der Waals surface area contributed by atoms with Crippen LogP contribution in [0.1, 0.15) is 24.0 Å². The molecule has 0 saturated carbocycles. The van der Waals surface area contributed by atoms with Crippen molar-refractivity contribution in [3.63, 3.8) is 0 Å². The first-order chi connectivity index (χ1) is 10.0. The van der Waals surface area contributed by atoms with Crippen molar-refractivity contribution in [3.8, 4) is 5.75 Å². The molecule has 0 aliphatic rings. The van der Waals surface area contributed by atoms with Crippen molar-refractivity contribution in [1.29, 1.82) is 0 Å². The van der Waals surface area contributed by atoms with E-state index in [-0.39, 0.29) is 31.0 Å². The molecule has 1 unspecified atom stereocenters. The number of aryl methyl sites for hydroxylation is 1. The Morgan fingerprint density at radius 2 is 2.14 bits per heavy atom. The van der Waals surface area contributed by atoms with Crippen molar-refractivity contribution in [2.75, 3.05) is 7.05 Å². The fourth-order valence-corrected chi connectivity index (χ4v) is 2.09. The minimum Gasteiger partial charge on any atom is -0.508 e. The molecule has 6 heteroatoms. The Bertz CT molecular complexity index is 516. The lowest BCUT2D eigenvalue weighted by Crippen LogP contribution is -2.45. The van der Waals surface area contributed by atoms with Crippen LogP contribution in [0.25, 0.3) is 0 Å².